The van der Waals surface area contributed by atoms with Crippen LogP contribution in [0.1, 0.15) is 44.7 Å². The van der Waals surface area contributed by atoms with Gasteiger partial charge in [-0.25, -0.2) is 0 Å². The fraction of sp³-hybridized carbons (Fsp3) is 0.667. The fourth-order valence-electron chi connectivity index (χ4n) is 3.30. The zero-order valence-electron chi connectivity index (χ0n) is 16.8. The van der Waals surface area contributed by atoms with Gasteiger partial charge < -0.3 is 20.5 Å². The van der Waals surface area contributed by atoms with Crippen LogP contribution in [-0.2, 0) is 16.6 Å². The first-order valence-electron chi connectivity index (χ1n) is 9.61. The van der Waals surface area contributed by atoms with Gasteiger partial charge in [0, 0.05) is 38.8 Å². The lowest BCUT2D eigenvalue weighted by molar-refractivity contribution is 0.127. The van der Waals surface area contributed by atoms with Crippen LogP contribution in [0.3, 0.4) is 0 Å². The van der Waals surface area contributed by atoms with Gasteiger partial charge in [-0.15, -0.1) is 0 Å². The van der Waals surface area contributed by atoms with E-state index in [4.69, 9.17) is 4.74 Å². The number of aliphatic hydroxyl groups excluding tert-OH is 1. The second-order valence-electron chi connectivity index (χ2n) is 8.33. The van der Waals surface area contributed by atoms with E-state index < -0.39 is 0 Å². The third-order valence-corrected chi connectivity index (χ3v) is 5.21. The summed E-state index contributed by atoms with van der Waals surface area (Å²) in [5.41, 5.74) is 2.90. The predicted octanol–water partition coefficient (Wildman–Crippen LogP) is 2.48. The standard InChI is InChI=1S/C21H35N3O2/c1-20(2,3)18-7-5-17(6-8-18)9-12-23-19(22-4)24-15-21(10-13-25)11-14-26-16-21/h5-8,25H,9-16H2,1-4H3,(H2,22,23,24). The van der Waals surface area contributed by atoms with Gasteiger partial charge in [0.2, 0.25) is 0 Å². The van der Waals surface area contributed by atoms with Crippen molar-refractivity contribution in [2.75, 3.05) is 40.0 Å². The topological polar surface area (TPSA) is 65.9 Å². The Morgan fingerprint density at radius 1 is 1.23 bits per heavy atom. The summed E-state index contributed by atoms with van der Waals surface area (Å²) in [5.74, 6) is 0.806. The van der Waals surface area contributed by atoms with Crippen molar-refractivity contribution in [1.29, 1.82) is 0 Å². The SMILES string of the molecule is CN=C(NCCc1ccc(C(C)(C)C)cc1)NCC1(CCO)CCOC1. The maximum absolute atomic E-state index is 9.32. The molecule has 26 heavy (non-hydrogen) atoms. The Balaban J connectivity index is 1.78. The minimum Gasteiger partial charge on any atom is -0.396 e. The third kappa shape index (κ3) is 5.99. The Morgan fingerprint density at radius 2 is 1.96 bits per heavy atom. The highest BCUT2D eigenvalue weighted by atomic mass is 16.5. The minimum absolute atomic E-state index is 0.0230. The molecule has 1 aliphatic rings. The molecule has 5 heteroatoms. The van der Waals surface area contributed by atoms with E-state index in [1.165, 1.54) is 11.1 Å². The molecule has 5 nitrogen and oxygen atoms in total. The average Bonchev–Trinajstić information content (AvgIpc) is 3.07. The number of hydrogen-bond acceptors (Lipinski definition) is 3. The largest absolute Gasteiger partial charge is 0.396 e. The van der Waals surface area contributed by atoms with Crippen LogP contribution >= 0.6 is 0 Å². The lowest BCUT2D eigenvalue weighted by Gasteiger charge is -2.27. The van der Waals surface area contributed by atoms with E-state index in [9.17, 15) is 5.11 Å². The molecule has 1 atom stereocenters. The molecule has 0 radical (unpaired) electrons. The van der Waals surface area contributed by atoms with Crippen LogP contribution in [0.15, 0.2) is 29.3 Å². The Kier molecular flexibility index (Phi) is 7.47. The molecule has 0 bridgehead atoms. The molecule has 1 unspecified atom stereocenters. The lowest BCUT2D eigenvalue weighted by atomic mass is 9.84. The second kappa shape index (κ2) is 9.38. The molecular formula is C21H35N3O2. The number of guanidine groups is 1. The van der Waals surface area contributed by atoms with Crippen LogP contribution in [0.25, 0.3) is 0 Å². The Hall–Kier alpha value is -1.59. The van der Waals surface area contributed by atoms with Crippen molar-refractivity contribution in [3.05, 3.63) is 35.4 Å². The van der Waals surface area contributed by atoms with Gasteiger partial charge in [0.15, 0.2) is 5.96 Å². The molecule has 1 fully saturated rings. The van der Waals surface area contributed by atoms with Crippen molar-refractivity contribution in [3.8, 4) is 0 Å². The molecule has 1 aromatic rings. The molecule has 1 heterocycles. The molecule has 0 spiro atoms. The molecule has 1 aliphatic heterocycles. The Labute approximate surface area is 158 Å². The highest BCUT2D eigenvalue weighted by Gasteiger charge is 2.34. The highest BCUT2D eigenvalue weighted by molar-refractivity contribution is 5.79. The zero-order valence-corrected chi connectivity index (χ0v) is 16.8. The zero-order chi connectivity index (χ0) is 19.0. The van der Waals surface area contributed by atoms with Gasteiger partial charge in [0.05, 0.1) is 6.61 Å². The first-order valence-corrected chi connectivity index (χ1v) is 9.61. The molecular weight excluding hydrogens is 326 g/mol. The second-order valence-corrected chi connectivity index (χ2v) is 8.33. The van der Waals surface area contributed by atoms with Crippen LogP contribution in [0, 0.1) is 5.41 Å². The maximum Gasteiger partial charge on any atom is 0.191 e. The van der Waals surface area contributed by atoms with Gasteiger partial charge in [-0.05, 0) is 35.8 Å². The molecule has 1 saturated heterocycles. The van der Waals surface area contributed by atoms with E-state index in [0.29, 0.717) is 6.61 Å². The summed E-state index contributed by atoms with van der Waals surface area (Å²) in [6.45, 7) is 9.98. The summed E-state index contributed by atoms with van der Waals surface area (Å²) in [6, 6.07) is 8.87. The van der Waals surface area contributed by atoms with Crippen LogP contribution < -0.4 is 10.6 Å². The maximum atomic E-state index is 9.32. The first kappa shape index (κ1) is 20.7. The number of nitrogens with one attached hydrogen (secondary N) is 2. The van der Waals surface area contributed by atoms with E-state index in [2.05, 4.69) is 60.7 Å². The number of aliphatic imine (C=N–C) groups is 1. The number of nitrogens with zero attached hydrogens (tertiary/aromatic N) is 1. The summed E-state index contributed by atoms with van der Waals surface area (Å²) in [4.78, 5) is 4.31. The molecule has 1 aromatic carbocycles. The number of hydrogen-bond donors (Lipinski definition) is 3. The van der Waals surface area contributed by atoms with Crippen molar-refractivity contribution in [1.82, 2.24) is 10.6 Å². The van der Waals surface area contributed by atoms with Crippen LogP contribution in [0.5, 0.6) is 0 Å². The van der Waals surface area contributed by atoms with Gasteiger partial charge in [-0.3, -0.25) is 4.99 Å². The fourth-order valence-corrected chi connectivity index (χ4v) is 3.30. The number of benzene rings is 1. The molecule has 0 aromatic heterocycles. The smallest absolute Gasteiger partial charge is 0.191 e. The predicted molar refractivity (Wildman–Crippen MR) is 108 cm³/mol. The summed E-state index contributed by atoms with van der Waals surface area (Å²) in [7, 11) is 1.79. The van der Waals surface area contributed by atoms with Gasteiger partial charge in [-0.1, -0.05) is 45.0 Å². The van der Waals surface area contributed by atoms with Crippen LogP contribution in [-0.4, -0.2) is 51.0 Å². The van der Waals surface area contributed by atoms with Crippen LogP contribution in [0.2, 0.25) is 0 Å². The Bertz CT molecular complexity index is 570. The van der Waals surface area contributed by atoms with Gasteiger partial charge in [0.1, 0.15) is 0 Å². The van der Waals surface area contributed by atoms with E-state index >= 15 is 0 Å². The van der Waals surface area contributed by atoms with Gasteiger partial charge in [-0.2, -0.15) is 0 Å². The van der Waals surface area contributed by atoms with E-state index in [1.54, 1.807) is 7.05 Å². The van der Waals surface area contributed by atoms with Gasteiger partial charge in [0.25, 0.3) is 0 Å². The van der Waals surface area contributed by atoms with Crippen molar-refractivity contribution in [2.45, 2.75) is 45.4 Å². The summed E-state index contributed by atoms with van der Waals surface area (Å²) in [6.07, 6.45) is 2.70. The Morgan fingerprint density at radius 3 is 2.50 bits per heavy atom. The van der Waals surface area contributed by atoms with Crippen molar-refractivity contribution in [2.24, 2.45) is 10.4 Å². The van der Waals surface area contributed by atoms with Crippen molar-refractivity contribution < 1.29 is 9.84 Å². The summed E-state index contributed by atoms with van der Waals surface area (Å²) < 4.78 is 5.54. The summed E-state index contributed by atoms with van der Waals surface area (Å²) in [5, 5.41) is 16.1. The molecule has 2 rings (SSSR count). The molecule has 0 aliphatic carbocycles. The van der Waals surface area contributed by atoms with Crippen molar-refractivity contribution in [3.63, 3.8) is 0 Å². The summed E-state index contributed by atoms with van der Waals surface area (Å²) >= 11 is 0. The van der Waals surface area contributed by atoms with E-state index in [1.807, 2.05) is 0 Å². The lowest BCUT2D eigenvalue weighted by Crippen LogP contribution is -2.45. The quantitative estimate of drug-likeness (QED) is 0.516. The number of aliphatic hydroxyl groups is 1. The number of ether oxygens (including phenoxy) is 1. The highest BCUT2D eigenvalue weighted by Crippen LogP contribution is 2.31. The molecule has 0 saturated carbocycles. The first-order chi connectivity index (χ1) is 12.4. The van der Waals surface area contributed by atoms with Gasteiger partial charge >= 0.3 is 0 Å². The monoisotopic (exact) mass is 361 g/mol. The van der Waals surface area contributed by atoms with Crippen molar-refractivity contribution >= 4 is 5.96 Å². The molecule has 3 N–H and O–H groups in total. The average molecular weight is 362 g/mol. The number of rotatable bonds is 7. The van der Waals surface area contributed by atoms with Crippen LogP contribution in [0.4, 0.5) is 0 Å². The normalized spacial score (nSPS) is 21.0. The minimum atomic E-state index is 0.0230. The third-order valence-electron chi connectivity index (χ3n) is 5.21. The van der Waals surface area contributed by atoms with E-state index in [-0.39, 0.29) is 17.4 Å². The van der Waals surface area contributed by atoms with E-state index in [0.717, 1.165) is 44.9 Å². The molecule has 146 valence electrons. The molecule has 0 amide bonds.